The van der Waals surface area contributed by atoms with E-state index >= 15 is 0 Å². The van der Waals surface area contributed by atoms with Crippen molar-refractivity contribution >= 4 is 10.3 Å². The number of nitrogens with one attached hydrogen (secondary N) is 1. The Morgan fingerprint density at radius 2 is 1.88 bits per heavy atom. The number of ether oxygens (including phenoxy) is 1. The fourth-order valence-electron chi connectivity index (χ4n) is 1.48. The minimum absolute atomic E-state index is 0.725. The van der Waals surface area contributed by atoms with E-state index in [-0.39, 0.29) is 0 Å². The van der Waals surface area contributed by atoms with Crippen molar-refractivity contribution in [3.8, 4) is 0 Å². The maximum atomic E-state index is 10.6. The van der Waals surface area contributed by atoms with E-state index < -0.39 is 47.2 Å². The van der Waals surface area contributed by atoms with Crippen molar-refractivity contribution in [3.05, 3.63) is 0 Å². The van der Waals surface area contributed by atoms with Crippen LogP contribution in [-0.2, 0) is 15.0 Å². The fraction of sp³-hybridized carbons (Fsp3) is 1.00. The molecule has 0 aliphatic carbocycles. The summed E-state index contributed by atoms with van der Waals surface area (Å²) in [7, 11) is -4.84. The summed E-state index contributed by atoms with van der Waals surface area (Å²) in [6.07, 6.45) is -7.15. The molecule has 0 amide bonds. The average molecular weight is 274 g/mol. The van der Waals surface area contributed by atoms with Gasteiger partial charge in [-0.1, -0.05) is 0 Å². The fourth-order valence-corrected chi connectivity index (χ4v) is 2.14. The molecule has 1 saturated heterocycles. The van der Waals surface area contributed by atoms with Gasteiger partial charge in [0.2, 0.25) is 0 Å². The predicted molar refractivity (Wildman–Crippen MR) is 51.6 cm³/mol. The number of rotatable bonds is 3. The van der Waals surface area contributed by atoms with Crippen LogP contribution in [0.5, 0.6) is 0 Å². The summed E-state index contributed by atoms with van der Waals surface area (Å²) < 4.78 is 35.7. The molecular weight excluding hydrogens is 260 g/mol. The maximum Gasteiger partial charge on any atom is 0.335 e. The van der Waals surface area contributed by atoms with Crippen molar-refractivity contribution in [2.45, 2.75) is 30.3 Å². The van der Waals surface area contributed by atoms with Crippen molar-refractivity contribution in [1.29, 1.82) is 0 Å². The maximum absolute atomic E-state index is 10.6. The van der Waals surface area contributed by atoms with E-state index in [1.165, 1.54) is 4.72 Å². The molecule has 0 aromatic carbocycles. The molecule has 0 spiro atoms. The molecule has 11 heteroatoms. The van der Waals surface area contributed by atoms with Gasteiger partial charge >= 0.3 is 10.3 Å². The highest BCUT2D eigenvalue weighted by molar-refractivity contribution is 7.83. The van der Waals surface area contributed by atoms with E-state index in [1.807, 2.05) is 0 Å². The topological polar surface area (TPSA) is 183 Å². The van der Waals surface area contributed by atoms with E-state index in [9.17, 15) is 23.7 Å². The highest BCUT2D eigenvalue weighted by atomic mass is 32.2. The van der Waals surface area contributed by atoms with Crippen LogP contribution >= 0.6 is 0 Å². The normalized spacial score (nSPS) is 43.6. The summed E-state index contributed by atoms with van der Waals surface area (Å²) in [4.78, 5) is 0. The molecule has 10 nitrogen and oxygen atoms in total. The van der Waals surface area contributed by atoms with Crippen LogP contribution in [0.4, 0.5) is 0 Å². The van der Waals surface area contributed by atoms with Crippen molar-refractivity contribution in [1.82, 2.24) is 4.72 Å². The van der Waals surface area contributed by atoms with Crippen LogP contribution in [0.3, 0.4) is 0 Å². The molecule has 1 aliphatic rings. The Morgan fingerprint density at radius 1 is 1.35 bits per heavy atom. The number of aliphatic hydroxyl groups excluding tert-OH is 4. The number of nitrogens with two attached hydrogens (primary N) is 1. The lowest BCUT2D eigenvalue weighted by atomic mass is 9.92. The summed E-state index contributed by atoms with van der Waals surface area (Å²) in [5, 5.41) is 37.2. The van der Waals surface area contributed by atoms with Crippen molar-refractivity contribution in [2.75, 3.05) is 6.61 Å². The zero-order chi connectivity index (χ0) is 13.4. The second-order valence-corrected chi connectivity index (χ2v) is 4.81. The summed E-state index contributed by atoms with van der Waals surface area (Å²) >= 11 is 0. The zero-order valence-corrected chi connectivity index (χ0v) is 9.28. The summed E-state index contributed by atoms with van der Waals surface area (Å²) in [6, 6.07) is 0. The summed E-state index contributed by atoms with van der Waals surface area (Å²) in [5.41, 5.74) is 2.79. The van der Waals surface area contributed by atoms with E-state index in [0.29, 0.717) is 0 Å². The molecule has 0 aromatic heterocycles. The molecule has 0 saturated carbocycles. The third kappa shape index (κ3) is 2.90. The Balaban J connectivity index is 3.00. The Hall–Kier alpha value is -0.370. The summed E-state index contributed by atoms with van der Waals surface area (Å²) in [6.45, 7) is -0.725. The molecular formula is C6H14N2O8S. The van der Waals surface area contributed by atoms with E-state index in [1.54, 1.807) is 0 Å². The molecule has 0 bridgehead atoms. The first-order chi connectivity index (χ1) is 7.62. The molecule has 1 unspecified atom stereocenters. The minimum Gasteiger partial charge on any atom is -0.394 e. The summed E-state index contributed by atoms with van der Waals surface area (Å²) in [5.74, 6) is 0. The van der Waals surface area contributed by atoms with Crippen molar-refractivity contribution < 1.29 is 38.1 Å². The minimum atomic E-state index is -4.84. The molecule has 1 aliphatic heterocycles. The van der Waals surface area contributed by atoms with Crippen molar-refractivity contribution in [2.24, 2.45) is 5.73 Å². The first kappa shape index (κ1) is 14.7. The third-order valence-electron chi connectivity index (χ3n) is 2.39. The Morgan fingerprint density at radius 3 is 2.29 bits per heavy atom. The molecule has 102 valence electrons. The van der Waals surface area contributed by atoms with Gasteiger partial charge in [-0.3, -0.25) is 4.55 Å². The highest BCUT2D eigenvalue weighted by Gasteiger charge is 2.54. The van der Waals surface area contributed by atoms with Gasteiger partial charge in [0, 0.05) is 0 Å². The average Bonchev–Trinajstić information content (AvgIpc) is 2.19. The molecule has 0 radical (unpaired) electrons. The van der Waals surface area contributed by atoms with Gasteiger partial charge in [0.15, 0.2) is 12.0 Å². The SMILES string of the molecule is N[C@@]1(NS(=O)(=O)O)C(O)O[C@H](CO)[C@H](O)[C@@H]1O. The number of hydrogen-bond acceptors (Lipinski definition) is 8. The van der Waals surface area contributed by atoms with Gasteiger partial charge in [-0.2, -0.15) is 13.1 Å². The van der Waals surface area contributed by atoms with Gasteiger partial charge in [-0.25, -0.2) is 0 Å². The lowest BCUT2D eigenvalue weighted by molar-refractivity contribution is -0.280. The van der Waals surface area contributed by atoms with Crippen LogP contribution in [0.1, 0.15) is 0 Å². The second-order valence-electron chi connectivity index (χ2n) is 3.66. The van der Waals surface area contributed by atoms with Gasteiger partial charge in [0.05, 0.1) is 6.61 Å². The van der Waals surface area contributed by atoms with E-state index in [2.05, 4.69) is 4.74 Å². The Kier molecular flexibility index (Phi) is 4.08. The van der Waals surface area contributed by atoms with Gasteiger partial charge in [0.1, 0.15) is 18.3 Å². The second kappa shape index (κ2) is 4.72. The third-order valence-corrected chi connectivity index (χ3v) is 3.00. The molecule has 1 rings (SSSR count). The monoisotopic (exact) mass is 274 g/mol. The number of aliphatic hydroxyl groups is 4. The molecule has 1 fully saturated rings. The standard InChI is InChI=1S/C6H14N2O8S/c7-6(8-17(13,14)15)4(11)3(10)2(1-9)16-5(6)12/h2-5,8-12H,1,7H2,(H,13,14,15)/t2-,3+,4+,5?,6+/m1/s1. The van der Waals surface area contributed by atoms with Crippen LogP contribution < -0.4 is 10.5 Å². The van der Waals surface area contributed by atoms with Gasteiger partial charge in [-0.05, 0) is 0 Å². The predicted octanol–water partition coefficient (Wildman–Crippen LogP) is -4.53. The Labute approximate surface area is 96.5 Å². The lowest BCUT2D eigenvalue weighted by Crippen LogP contribution is -2.77. The largest absolute Gasteiger partial charge is 0.394 e. The highest BCUT2D eigenvalue weighted by Crippen LogP contribution is 2.25. The molecule has 5 atom stereocenters. The van der Waals surface area contributed by atoms with Crippen LogP contribution in [0.25, 0.3) is 0 Å². The quantitative estimate of drug-likeness (QED) is 0.197. The first-order valence-electron chi connectivity index (χ1n) is 4.47. The van der Waals surface area contributed by atoms with Crippen molar-refractivity contribution in [3.63, 3.8) is 0 Å². The van der Waals surface area contributed by atoms with Crippen LogP contribution in [0, 0.1) is 0 Å². The van der Waals surface area contributed by atoms with Gasteiger partial charge in [-0.15, -0.1) is 0 Å². The van der Waals surface area contributed by atoms with Gasteiger partial charge in [0.25, 0.3) is 0 Å². The molecule has 1 heterocycles. The molecule has 8 N–H and O–H groups in total. The van der Waals surface area contributed by atoms with E-state index in [0.717, 1.165) is 0 Å². The first-order valence-corrected chi connectivity index (χ1v) is 5.91. The zero-order valence-electron chi connectivity index (χ0n) is 8.46. The Bertz CT molecular complexity index is 374. The van der Waals surface area contributed by atoms with E-state index in [4.69, 9.17) is 15.4 Å². The van der Waals surface area contributed by atoms with Crippen LogP contribution in [0.15, 0.2) is 0 Å². The molecule has 17 heavy (non-hydrogen) atoms. The van der Waals surface area contributed by atoms with Crippen LogP contribution in [-0.4, -0.2) is 70.3 Å². The molecule has 0 aromatic rings. The smallest absolute Gasteiger partial charge is 0.335 e. The lowest BCUT2D eigenvalue weighted by Gasteiger charge is -2.46. The number of hydrogen-bond donors (Lipinski definition) is 7. The van der Waals surface area contributed by atoms with Crippen LogP contribution in [0.2, 0.25) is 0 Å². The van der Waals surface area contributed by atoms with Gasteiger partial charge < -0.3 is 30.9 Å².